The Kier molecular flexibility index (Phi) is 4.82. The first-order chi connectivity index (χ1) is 8.83. The lowest BCUT2D eigenvalue weighted by Crippen LogP contribution is -2.51. The van der Waals surface area contributed by atoms with Crippen LogP contribution in [0.15, 0.2) is 18.2 Å². The van der Waals surface area contributed by atoms with E-state index in [2.05, 4.69) is 5.32 Å². The molecule has 0 radical (unpaired) electrons. The fraction of sp³-hybridized carbons (Fsp3) is 0.364. The van der Waals surface area contributed by atoms with Crippen LogP contribution in [0.25, 0.3) is 0 Å². The first-order valence-electron chi connectivity index (χ1n) is 5.31. The maximum atomic E-state index is 11.8. The number of halogens is 1. The van der Waals surface area contributed by atoms with Crippen LogP contribution in [0, 0.1) is 10.1 Å². The van der Waals surface area contributed by atoms with E-state index in [4.69, 9.17) is 21.8 Å². The Morgan fingerprint density at radius 2 is 2.05 bits per heavy atom. The molecule has 0 bridgehead atoms. The number of aliphatic hydroxyl groups is 2. The molecule has 1 amide bonds. The minimum absolute atomic E-state index is 0.101. The number of rotatable bonds is 5. The molecule has 0 aromatic heterocycles. The minimum atomic E-state index is -1.18. The summed E-state index contributed by atoms with van der Waals surface area (Å²) < 4.78 is 0. The summed E-state index contributed by atoms with van der Waals surface area (Å²) in [6.45, 7) is 0.559. The van der Waals surface area contributed by atoms with Gasteiger partial charge in [0.25, 0.3) is 11.6 Å². The summed E-state index contributed by atoms with van der Waals surface area (Å²) in [5.41, 5.74) is -1.38. The molecule has 0 atom stereocenters. The Morgan fingerprint density at radius 1 is 1.47 bits per heavy atom. The van der Waals surface area contributed by atoms with E-state index >= 15 is 0 Å². The first kappa shape index (κ1) is 15.4. The van der Waals surface area contributed by atoms with E-state index in [1.165, 1.54) is 13.0 Å². The lowest BCUT2D eigenvalue weighted by Gasteiger charge is -2.26. The summed E-state index contributed by atoms with van der Waals surface area (Å²) in [7, 11) is 0. The molecule has 7 nitrogen and oxygen atoms in total. The zero-order valence-corrected chi connectivity index (χ0v) is 10.8. The number of aliphatic hydroxyl groups excluding tert-OH is 2. The molecular weight excluding hydrogens is 276 g/mol. The summed E-state index contributed by atoms with van der Waals surface area (Å²) in [5.74, 6) is -0.595. The Labute approximate surface area is 114 Å². The maximum Gasteiger partial charge on any atom is 0.287 e. The third-order valence-electron chi connectivity index (χ3n) is 2.52. The molecule has 0 unspecified atom stereocenters. The fourth-order valence-corrected chi connectivity index (χ4v) is 1.52. The second-order valence-corrected chi connectivity index (χ2v) is 4.66. The third-order valence-corrected chi connectivity index (χ3v) is 2.82. The summed E-state index contributed by atoms with van der Waals surface area (Å²) in [4.78, 5) is 21.8. The highest BCUT2D eigenvalue weighted by molar-refractivity contribution is 6.33. The predicted octanol–water partition coefficient (Wildman–Crippen LogP) is 0.721. The van der Waals surface area contributed by atoms with E-state index in [9.17, 15) is 14.9 Å². The molecule has 0 heterocycles. The molecule has 8 heteroatoms. The van der Waals surface area contributed by atoms with Crippen molar-refractivity contribution in [3.8, 4) is 0 Å². The van der Waals surface area contributed by atoms with Gasteiger partial charge in [-0.15, -0.1) is 0 Å². The van der Waals surface area contributed by atoms with E-state index in [0.29, 0.717) is 0 Å². The summed E-state index contributed by atoms with van der Waals surface area (Å²) >= 11 is 5.69. The molecule has 3 N–H and O–H groups in total. The zero-order valence-electron chi connectivity index (χ0n) is 10.1. The molecule has 0 saturated carbocycles. The van der Waals surface area contributed by atoms with Gasteiger partial charge in [-0.25, -0.2) is 0 Å². The molecule has 0 aliphatic heterocycles. The molecule has 1 rings (SSSR count). The minimum Gasteiger partial charge on any atom is -0.394 e. The summed E-state index contributed by atoms with van der Waals surface area (Å²) in [6.07, 6.45) is 0. The van der Waals surface area contributed by atoms with E-state index in [1.54, 1.807) is 0 Å². The van der Waals surface area contributed by atoms with E-state index in [0.717, 1.165) is 12.1 Å². The van der Waals surface area contributed by atoms with E-state index in [-0.39, 0.29) is 16.3 Å². The van der Waals surface area contributed by atoms with Crippen LogP contribution in [0.1, 0.15) is 17.3 Å². The van der Waals surface area contributed by atoms with Gasteiger partial charge in [0.2, 0.25) is 0 Å². The van der Waals surface area contributed by atoms with Gasteiger partial charge in [-0.2, -0.15) is 0 Å². The molecule has 1 aromatic rings. The molecule has 19 heavy (non-hydrogen) atoms. The molecule has 0 fully saturated rings. The van der Waals surface area contributed by atoms with Gasteiger partial charge in [-0.3, -0.25) is 14.9 Å². The lowest BCUT2D eigenvalue weighted by molar-refractivity contribution is -0.384. The number of benzene rings is 1. The summed E-state index contributed by atoms with van der Waals surface area (Å²) in [6, 6.07) is 3.52. The second-order valence-electron chi connectivity index (χ2n) is 4.25. The fourth-order valence-electron chi connectivity index (χ4n) is 1.27. The second kappa shape index (κ2) is 5.96. The SMILES string of the molecule is CC(CO)(CO)NC(=O)c1ccc([N+](=O)[O-])c(Cl)c1. The number of carbonyl (C=O) groups is 1. The summed E-state index contributed by atoms with van der Waals surface area (Å²) in [5, 5.41) is 31.0. The van der Waals surface area contributed by atoms with Crippen LogP contribution in [0.3, 0.4) is 0 Å². The number of amides is 1. The van der Waals surface area contributed by atoms with Gasteiger partial charge in [-0.1, -0.05) is 11.6 Å². The number of nitrogens with zero attached hydrogens (tertiary/aromatic N) is 1. The largest absolute Gasteiger partial charge is 0.394 e. The highest BCUT2D eigenvalue weighted by Gasteiger charge is 2.25. The zero-order chi connectivity index (χ0) is 14.6. The van der Waals surface area contributed by atoms with Crippen molar-refractivity contribution < 1.29 is 19.9 Å². The highest BCUT2D eigenvalue weighted by Crippen LogP contribution is 2.25. The van der Waals surface area contributed by atoms with Crippen molar-refractivity contribution in [3.63, 3.8) is 0 Å². The normalized spacial score (nSPS) is 11.2. The van der Waals surface area contributed by atoms with Gasteiger partial charge in [0.1, 0.15) is 5.02 Å². The van der Waals surface area contributed by atoms with Gasteiger partial charge in [0, 0.05) is 11.6 Å². The predicted molar refractivity (Wildman–Crippen MR) is 68.1 cm³/mol. The van der Waals surface area contributed by atoms with Crippen LogP contribution < -0.4 is 5.32 Å². The van der Waals surface area contributed by atoms with Crippen LogP contribution in [-0.4, -0.2) is 39.8 Å². The van der Waals surface area contributed by atoms with E-state index < -0.39 is 29.6 Å². The topological polar surface area (TPSA) is 113 Å². The van der Waals surface area contributed by atoms with Crippen LogP contribution in [0.5, 0.6) is 0 Å². The van der Waals surface area contributed by atoms with Crippen LogP contribution in [-0.2, 0) is 0 Å². The quantitative estimate of drug-likeness (QED) is 0.546. The number of nitro benzene ring substituents is 1. The third kappa shape index (κ3) is 3.63. The Bertz CT molecular complexity index is 502. The van der Waals surface area contributed by atoms with Crippen molar-refractivity contribution in [2.75, 3.05) is 13.2 Å². The molecule has 0 spiro atoms. The molecule has 1 aromatic carbocycles. The smallest absolute Gasteiger partial charge is 0.287 e. The Balaban J connectivity index is 2.96. The van der Waals surface area contributed by atoms with Crippen molar-refractivity contribution in [2.45, 2.75) is 12.5 Å². The molecule has 104 valence electrons. The first-order valence-corrected chi connectivity index (χ1v) is 5.69. The van der Waals surface area contributed by atoms with Gasteiger partial charge in [0.05, 0.1) is 23.7 Å². The Morgan fingerprint density at radius 3 is 2.47 bits per heavy atom. The average Bonchev–Trinajstić information content (AvgIpc) is 2.37. The van der Waals surface area contributed by atoms with Crippen molar-refractivity contribution in [2.24, 2.45) is 0 Å². The van der Waals surface area contributed by atoms with Crippen molar-refractivity contribution in [1.82, 2.24) is 5.32 Å². The number of hydrogen-bond donors (Lipinski definition) is 3. The van der Waals surface area contributed by atoms with Crippen molar-refractivity contribution in [3.05, 3.63) is 38.9 Å². The Hall–Kier alpha value is -1.70. The van der Waals surface area contributed by atoms with E-state index in [1.807, 2.05) is 0 Å². The van der Waals surface area contributed by atoms with Crippen LogP contribution >= 0.6 is 11.6 Å². The van der Waals surface area contributed by atoms with Gasteiger partial charge in [-0.05, 0) is 19.1 Å². The van der Waals surface area contributed by atoms with Crippen molar-refractivity contribution in [1.29, 1.82) is 0 Å². The maximum absolute atomic E-state index is 11.8. The molecule has 0 aliphatic carbocycles. The number of hydrogen-bond acceptors (Lipinski definition) is 5. The lowest BCUT2D eigenvalue weighted by atomic mass is 10.0. The highest BCUT2D eigenvalue weighted by atomic mass is 35.5. The number of nitrogens with one attached hydrogen (secondary N) is 1. The molecule has 0 saturated heterocycles. The van der Waals surface area contributed by atoms with Crippen LogP contribution in [0.2, 0.25) is 5.02 Å². The monoisotopic (exact) mass is 288 g/mol. The number of carbonyl (C=O) groups excluding carboxylic acids is 1. The standard InChI is InChI=1S/C11H13ClN2O5/c1-11(5-15,6-16)13-10(17)7-2-3-9(14(18)19)8(12)4-7/h2-4,15-16H,5-6H2,1H3,(H,13,17). The van der Waals surface area contributed by atoms with Gasteiger partial charge in [0.15, 0.2) is 0 Å². The van der Waals surface area contributed by atoms with Gasteiger partial charge >= 0.3 is 0 Å². The van der Waals surface area contributed by atoms with Crippen molar-refractivity contribution >= 4 is 23.2 Å². The average molecular weight is 289 g/mol. The molecular formula is C11H13ClN2O5. The van der Waals surface area contributed by atoms with Gasteiger partial charge < -0.3 is 15.5 Å². The number of nitro groups is 1. The van der Waals surface area contributed by atoms with Crippen LogP contribution in [0.4, 0.5) is 5.69 Å². The molecule has 0 aliphatic rings.